The van der Waals surface area contributed by atoms with Crippen molar-refractivity contribution in [2.45, 2.75) is 59.3 Å². The second kappa shape index (κ2) is 13.2. The van der Waals surface area contributed by atoms with Crippen molar-refractivity contribution in [1.29, 1.82) is 0 Å². The Balaban J connectivity index is 1.62. The van der Waals surface area contributed by atoms with Crippen molar-refractivity contribution >= 4 is 17.7 Å². The zero-order valence-corrected chi connectivity index (χ0v) is 24.1. The Labute approximate surface area is 236 Å². The molecule has 4 bridgehead atoms. The van der Waals surface area contributed by atoms with E-state index in [9.17, 15) is 14.4 Å². The van der Waals surface area contributed by atoms with E-state index < -0.39 is 0 Å². The number of hydrogen-bond donors (Lipinski definition) is 1. The molecule has 2 aromatic rings. The SMILES string of the molecule is CC(C)COc1cc2cc(c1)C(=O)N(C)CC(=O)N[C@H]1CCN(C(=O)CC(C)C)C[C@@H]1OCc1cccc(c1)O2. The lowest BCUT2D eigenvalue weighted by Crippen LogP contribution is -2.57. The van der Waals surface area contributed by atoms with Crippen molar-refractivity contribution in [2.24, 2.45) is 11.8 Å². The fraction of sp³-hybridized carbons (Fsp3) is 0.516. The summed E-state index contributed by atoms with van der Waals surface area (Å²) in [6.45, 7) is 9.75. The van der Waals surface area contributed by atoms with Gasteiger partial charge in [-0.25, -0.2) is 0 Å². The third kappa shape index (κ3) is 7.97. The van der Waals surface area contributed by atoms with Crippen LogP contribution in [-0.2, 0) is 20.9 Å². The number of carbonyl (C=O) groups is 3. The van der Waals surface area contributed by atoms with Gasteiger partial charge < -0.3 is 29.3 Å². The van der Waals surface area contributed by atoms with E-state index in [1.807, 2.05) is 56.9 Å². The average Bonchev–Trinajstić information content (AvgIpc) is 2.90. The van der Waals surface area contributed by atoms with Gasteiger partial charge in [-0.3, -0.25) is 14.4 Å². The summed E-state index contributed by atoms with van der Waals surface area (Å²) in [7, 11) is 1.60. The van der Waals surface area contributed by atoms with Crippen molar-refractivity contribution < 1.29 is 28.6 Å². The molecule has 9 nitrogen and oxygen atoms in total. The molecular weight excluding hydrogens is 510 g/mol. The van der Waals surface area contributed by atoms with Gasteiger partial charge in [0, 0.05) is 38.2 Å². The minimum atomic E-state index is -0.388. The summed E-state index contributed by atoms with van der Waals surface area (Å²) in [5, 5.41) is 3.06. The number of likely N-dealkylation sites (N-methyl/N-ethyl adjacent to an activating group) is 1. The van der Waals surface area contributed by atoms with Gasteiger partial charge in [0.2, 0.25) is 11.8 Å². The molecule has 0 spiro atoms. The van der Waals surface area contributed by atoms with Gasteiger partial charge in [0.1, 0.15) is 17.2 Å². The molecule has 0 aromatic heterocycles. The predicted molar refractivity (Wildman–Crippen MR) is 151 cm³/mol. The second-order valence-corrected chi connectivity index (χ2v) is 11.6. The number of ether oxygens (including phenoxy) is 3. The minimum absolute atomic E-state index is 0.0918. The molecule has 2 atom stereocenters. The predicted octanol–water partition coefficient (Wildman–Crippen LogP) is 4.25. The highest BCUT2D eigenvalue weighted by molar-refractivity contribution is 5.97. The van der Waals surface area contributed by atoms with Crippen molar-refractivity contribution in [2.75, 3.05) is 33.3 Å². The third-order valence-electron chi connectivity index (χ3n) is 6.88. The fourth-order valence-electron chi connectivity index (χ4n) is 4.85. The molecule has 2 heterocycles. The standard InChI is InChI=1S/C31H41N3O6/c1-20(2)11-30(36)34-10-9-27-28(16-34)39-19-22-7-6-8-24(12-22)40-26-14-23(13-25(15-26)38-18-21(3)4)31(37)33(5)17-29(35)32-27/h6-8,12-15,20-21,27-28H,9-11,16-19H2,1-5H3,(H,32,35)/t27-,28-/m0/s1. The lowest BCUT2D eigenvalue weighted by atomic mass is 10.00. The molecule has 2 aliphatic heterocycles. The molecule has 0 aliphatic carbocycles. The first kappa shape index (κ1) is 29.4. The molecular formula is C31H41N3O6. The van der Waals surface area contributed by atoms with Crippen LogP contribution in [0.5, 0.6) is 17.2 Å². The van der Waals surface area contributed by atoms with Crippen molar-refractivity contribution in [3.8, 4) is 17.2 Å². The van der Waals surface area contributed by atoms with Gasteiger partial charge in [-0.1, -0.05) is 39.8 Å². The first-order valence-corrected chi connectivity index (χ1v) is 14.1. The Morgan fingerprint density at radius 3 is 2.62 bits per heavy atom. The molecule has 0 radical (unpaired) electrons. The van der Waals surface area contributed by atoms with Crippen LogP contribution in [-0.4, -0.2) is 73.0 Å². The van der Waals surface area contributed by atoms with Gasteiger partial charge >= 0.3 is 0 Å². The molecule has 1 saturated heterocycles. The number of fused-ring (bicyclic) bond motifs is 5. The van der Waals surface area contributed by atoms with Gasteiger partial charge in [0.15, 0.2) is 0 Å². The van der Waals surface area contributed by atoms with E-state index in [4.69, 9.17) is 14.2 Å². The Morgan fingerprint density at radius 1 is 1.07 bits per heavy atom. The minimum Gasteiger partial charge on any atom is -0.493 e. The van der Waals surface area contributed by atoms with Crippen molar-refractivity contribution in [3.63, 3.8) is 0 Å². The molecule has 216 valence electrons. The Bertz CT molecular complexity index is 1210. The van der Waals surface area contributed by atoms with E-state index >= 15 is 0 Å². The number of amides is 3. The second-order valence-electron chi connectivity index (χ2n) is 11.6. The van der Waals surface area contributed by atoms with E-state index in [1.54, 1.807) is 25.2 Å². The highest BCUT2D eigenvalue weighted by Crippen LogP contribution is 2.29. The number of nitrogens with zero attached hydrogens (tertiary/aromatic N) is 2. The number of hydrogen-bond acceptors (Lipinski definition) is 6. The molecule has 2 aromatic carbocycles. The smallest absolute Gasteiger partial charge is 0.254 e. The summed E-state index contributed by atoms with van der Waals surface area (Å²) in [5.74, 6) is 1.63. The summed E-state index contributed by atoms with van der Waals surface area (Å²) in [4.78, 5) is 42.4. The molecule has 40 heavy (non-hydrogen) atoms. The van der Waals surface area contributed by atoms with Crippen LogP contribution in [0.25, 0.3) is 0 Å². The van der Waals surface area contributed by atoms with Gasteiger partial charge in [0.25, 0.3) is 5.91 Å². The number of piperidine rings is 1. The lowest BCUT2D eigenvalue weighted by molar-refractivity contribution is -0.138. The molecule has 9 heteroatoms. The zero-order chi connectivity index (χ0) is 28.8. The first-order valence-electron chi connectivity index (χ1n) is 14.1. The molecule has 1 N–H and O–H groups in total. The van der Waals surface area contributed by atoms with Crippen molar-refractivity contribution in [1.82, 2.24) is 15.1 Å². The molecule has 1 fully saturated rings. The van der Waals surface area contributed by atoms with E-state index in [0.717, 1.165) is 5.56 Å². The number of likely N-dealkylation sites (tertiary alicyclic amines) is 1. The monoisotopic (exact) mass is 551 g/mol. The van der Waals surface area contributed by atoms with Crippen LogP contribution in [0.15, 0.2) is 42.5 Å². The summed E-state index contributed by atoms with van der Waals surface area (Å²) in [5.41, 5.74) is 1.26. The van der Waals surface area contributed by atoms with E-state index in [2.05, 4.69) is 5.32 Å². The van der Waals surface area contributed by atoms with Gasteiger partial charge in [-0.15, -0.1) is 0 Å². The van der Waals surface area contributed by atoms with Crippen molar-refractivity contribution in [3.05, 3.63) is 53.6 Å². The summed E-state index contributed by atoms with van der Waals surface area (Å²) in [6, 6.07) is 12.4. The quantitative estimate of drug-likeness (QED) is 0.597. The summed E-state index contributed by atoms with van der Waals surface area (Å²) in [6.07, 6.45) is 0.653. The maximum absolute atomic E-state index is 13.4. The normalized spacial score (nSPS) is 20.2. The lowest BCUT2D eigenvalue weighted by Gasteiger charge is -2.39. The molecule has 2 aliphatic rings. The van der Waals surface area contributed by atoms with Crippen LogP contribution in [0.1, 0.15) is 56.5 Å². The molecule has 0 unspecified atom stereocenters. The number of rotatable bonds is 5. The van der Waals surface area contributed by atoms with Crippen LogP contribution < -0.4 is 14.8 Å². The molecule has 4 rings (SSSR count). The maximum atomic E-state index is 13.4. The van der Waals surface area contributed by atoms with E-state index in [1.165, 1.54) is 4.90 Å². The van der Waals surface area contributed by atoms with Crippen LogP contribution in [0.2, 0.25) is 0 Å². The topological polar surface area (TPSA) is 97.4 Å². The Morgan fingerprint density at radius 2 is 1.88 bits per heavy atom. The number of nitrogens with one attached hydrogen (secondary N) is 1. The zero-order valence-electron chi connectivity index (χ0n) is 24.1. The molecule has 3 amide bonds. The summed E-state index contributed by atoms with van der Waals surface area (Å²) < 4.78 is 18.4. The molecule has 0 saturated carbocycles. The van der Waals surface area contributed by atoms with Crippen LogP contribution in [0.3, 0.4) is 0 Å². The Kier molecular flexibility index (Phi) is 9.68. The van der Waals surface area contributed by atoms with Gasteiger partial charge in [-0.05, 0) is 48.1 Å². The van der Waals surface area contributed by atoms with Crippen LogP contribution in [0.4, 0.5) is 0 Å². The summed E-state index contributed by atoms with van der Waals surface area (Å²) >= 11 is 0. The Hall–Kier alpha value is -3.59. The highest BCUT2D eigenvalue weighted by atomic mass is 16.5. The van der Waals surface area contributed by atoms with Crippen LogP contribution in [0, 0.1) is 11.8 Å². The first-order chi connectivity index (χ1) is 19.1. The highest BCUT2D eigenvalue weighted by Gasteiger charge is 2.34. The maximum Gasteiger partial charge on any atom is 0.254 e. The fourth-order valence-corrected chi connectivity index (χ4v) is 4.85. The van der Waals surface area contributed by atoms with E-state index in [0.29, 0.717) is 67.9 Å². The van der Waals surface area contributed by atoms with E-state index in [-0.39, 0.29) is 42.3 Å². The van der Waals surface area contributed by atoms with Gasteiger partial charge in [0.05, 0.1) is 31.9 Å². The third-order valence-corrected chi connectivity index (χ3v) is 6.88. The van der Waals surface area contributed by atoms with Crippen LogP contribution >= 0.6 is 0 Å². The van der Waals surface area contributed by atoms with Gasteiger partial charge in [-0.2, -0.15) is 0 Å². The average molecular weight is 552 g/mol. The number of carbonyl (C=O) groups excluding carboxylic acids is 3. The largest absolute Gasteiger partial charge is 0.493 e. The number of benzene rings is 2.